The van der Waals surface area contributed by atoms with E-state index < -0.39 is 6.10 Å². The molecule has 0 saturated heterocycles. The van der Waals surface area contributed by atoms with Gasteiger partial charge in [0.2, 0.25) is 0 Å². The van der Waals surface area contributed by atoms with Crippen molar-refractivity contribution in [2.24, 2.45) is 0 Å². The van der Waals surface area contributed by atoms with Crippen LogP contribution in [0, 0.1) is 0 Å². The molecule has 0 spiro atoms. The molecule has 0 amide bonds. The molecule has 0 aromatic rings. The monoisotopic (exact) mass is 729 g/mol. The number of hydrogen-bond acceptors (Lipinski definition) is 6. The fourth-order valence-electron chi connectivity index (χ4n) is 5.79. The van der Waals surface area contributed by atoms with E-state index >= 15 is 0 Å². The predicted octanol–water partition coefficient (Wildman–Crippen LogP) is 13.6. The lowest BCUT2D eigenvalue weighted by Crippen LogP contribution is -2.30. The van der Waals surface area contributed by atoms with Crippen molar-refractivity contribution in [3.8, 4) is 0 Å². The highest BCUT2D eigenvalue weighted by Crippen LogP contribution is 2.13. The highest BCUT2D eigenvalue weighted by atomic mass is 16.6. The average Bonchev–Trinajstić information content (AvgIpc) is 3.14. The SMILES string of the molecule is CC/C=C\C/C=C\C/C=C\CCCCC(=O)OCC(COC(=O)CCCCCCCCCCCCC)OC(=O)CCCCCCC/C=C\CCCC. The van der Waals surface area contributed by atoms with Crippen LogP contribution in [-0.2, 0) is 28.6 Å². The summed E-state index contributed by atoms with van der Waals surface area (Å²) in [7, 11) is 0. The van der Waals surface area contributed by atoms with E-state index in [9.17, 15) is 14.4 Å². The van der Waals surface area contributed by atoms with Gasteiger partial charge >= 0.3 is 17.9 Å². The molecule has 1 unspecified atom stereocenters. The summed E-state index contributed by atoms with van der Waals surface area (Å²) in [6, 6.07) is 0. The fourth-order valence-corrected chi connectivity index (χ4v) is 5.79. The quantitative estimate of drug-likeness (QED) is 0.0272. The summed E-state index contributed by atoms with van der Waals surface area (Å²) in [5.74, 6) is -0.943. The zero-order valence-corrected chi connectivity index (χ0v) is 34.1. The van der Waals surface area contributed by atoms with Gasteiger partial charge in [0.1, 0.15) is 13.2 Å². The molecular weight excluding hydrogens is 648 g/mol. The van der Waals surface area contributed by atoms with E-state index in [1.165, 1.54) is 77.0 Å². The summed E-state index contributed by atoms with van der Waals surface area (Å²) >= 11 is 0. The second kappa shape index (κ2) is 41.1. The molecule has 52 heavy (non-hydrogen) atoms. The van der Waals surface area contributed by atoms with Crippen molar-refractivity contribution in [1.82, 2.24) is 0 Å². The van der Waals surface area contributed by atoms with Gasteiger partial charge in [0.05, 0.1) is 0 Å². The van der Waals surface area contributed by atoms with Gasteiger partial charge in [0.15, 0.2) is 6.10 Å². The van der Waals surface area contributed by atoms with Crippen molar-refractivity contribution in [3.63, 3.8) is 0 Å². The number of allylic oxidation sites excluding steroid dienone is 8. The van der Waals surface area contributed by atoms with Crippen LogP contribution in [-0.4, -0.2) is 37.2 Å². The van der Waals surface area contributed by atoms with E-state index in [1.807, 2.05) is 0 Å². The number of unbranched alkanes of at least 4 members (excludes halogenated alkanes) is 19. The third kappa shape index (κ3) is 38.6. The number of hydrogen-bond donors (Lipinski definition) is 0. The zero-order chi connectivity index (χ0) is 38.0. The second-order valence-electron chi connectivity index (χ2n) is 14.2. The first-order chi connectivity index (χ1) is 25.5. The van der Waals surface area contributed by atoms with E-state index in [2.05, 4.69) is 69.4 Å². The van der Waals surface area contributed by atoms with Crippen LogP contribution in [0.2, 0.25) is 0 Å². The van der Waals surface area contributed by atoms with Crippen molar-refractivity contribution in [2.45, 2.75) is 213 Å². The summed E-state index contributed by atoms with van der Waals surface area (Å²) in [5, 5.41) is 0. The molecule has 6 nitrogen and oxygen atoms in total. The smallest absolute Gasteiger partial charge is 0.306 e. The molecule has 0 N–H and O–H groups in total. The van der Waals surface area contributed by atoms with Crippen LogP contribution >= 0.6 is 0 Å². The molecule has 0 fully saturated rings. The maximum Gasteiger partial charge on any atom is 0.306 e. The van der Waals surface area contributed by atoms with Gasteiger partial charge in [0, 0.05) is 19.3 Å². The molecular formula is C46H80O6. The topological polar surface area (TPSA) is 78.9 Å². The molecule has 0 rings (SSSR count). The summed E-state index contributed by atoms with van der Waals surface area (Å²) < 4.78 is 16.6. The molecule has 0 aliphatic carbocycles. The maximum absolute atomic E-state index is 12.7. The first-order valence-electron chi connectivity index (χ1n) is 21.6. The standard InChI is InChI=1S/C46H80O6/c1-4-7-10-13-16-19-22-25-27-30-33-36-39-45(48)51-42-43(52-46(49)40-37-34-31-28-24-21-18-15-12-9-6-3)41-50-44(47)38-35-32-29-26-23-20-17-14-11-8-5-2/h7,10,15-16,18-19,25,27,43H,4-6,8-9,11-14,17,20-24,26,28-42H2,1-3H3/b10-7-,18-15-,19-16-,27-25-. The number of carbonyl (C=O) groups excluding carboxylic acids is 3. The average molecular weight is 729 g/mol. The lowest BCUT2D eigenvalue weighted by Gasteiger charge is -2.18. The van der Waals surface area contributed by atoms with E-state index in [0.29, 0.717) is 19.3 Å². The summed E-state index contributed by atoms with van der Waals surface area (Å²) in [4.78, 5) is 37.6. The van der Waals surface area contributed by atoms with Gasteiger partial charge < -0.3 is 14.2 Å². The Bertz CT molecular complexity index is 933. The highest BCUT2D eigenvalue weighted by molar-refractivity contribution is 5.71. The van der Waals surface area contributed by atoms with Crippen molar-refractivity contribution < 1.29 is 28.6 Å². The molecule has 0 aliphatic heterocycles. The molecule has 1 atom stereocenters. The van der Waals surface area contributed by atoms with Crippen molar-refractivity contribution >= 4 is 17.9 Å². The third-order valence-electron chi connectivity index (χ3n) is 9.07. The Labute approximate surface area is 320 Å². The van der Waals surface area contributed by atoms with Gasteiger partial charge in [-0.3, -0.25) is 14.4 Å². The van der Waals surface area contributed by atoms with Gasteiger partial charge in [-0.1, -0.05) is 166 Å². The molecule has 0 radical (unpaired) electrons. The number of ether oxygens (including phenoxy) is 3. The van der Waals surface area contributed by atoms with Crippen molar-refractivity contribution in [3.05, 3.63) is 48.6 Å². The van der Waals surface area contributed by atoms with Crippen molar-refractivity contribution in [1.29, 1.82) is 0 Å². The van der Waals surface area contributed by atoms with Crippen molar-refractivity contribution in [2.75, 3.05) is 13.2 Å². The Balaban J connectivity index is 4.44. The van der Waals surface area contributed by atoms with Crippen LogP contribution in [0.3, 0.4) is 0 Å². The minimum atomic E-state index is -0.786. The molecule has 0 aromatic carbocycles. The van der Waals surface area contributed by atoms with Crippen LogP contribution < -0.4 is 0 Å². The third-order valence-corrected chi connectivity index (χ3v) is 9.07. The molecule has 300 valence electrons. The normalized spacial score (nSPS) is 12.4. The van der Waals surface area contributed by atoms with Gasteiger partial charge in [-0.15, -0.1) is 0 Å². The maximum atomic E-state index is 12.7. The number of rotatable bonds is 38. The minimum absolute atomic E-state index is 0.0875. The van der Waals surface area contributed by atoms with Crippen LogP contribution in [0.15, 0.2) is 48.6 Å². The second-order valence-corrected chi connectivity index (χ2v) is 14.2. The Kier molecular flexibility index (Phi) is 39.1. The van der Waals surface area contributed by atoms with E-state index in [0.717, 1.165) is 89.9 Å². The van der Waals surface area contributed by atoms with Crippen LogP contribution in [0.5, 0.6) is 0 Å². The lowest BCUT2D eigenvalue weighted by atomic mass is 10.1. The summed E-state index contributed by atoms with van der Waals surface area (Å²) in [6.45, 7) is 6.41. The van der Waals surface area contributed by atoms with E-state index in [1.54, 1.807) is 0 Å². The van der Waals surface area contributed by atoms with Crippen LogP contribution in [0.4, 0.5) is 0 Å². The number of carbonyl (C=O) groups is 3. The lowest BCUT2D eigenvalue weighted by molar-refractivity contribution is -0.167. The van der Waals surface area contributed by atoms with Gasteiger partial charge in [-0.05, 0) is 70.6 Å². The van der Waals surface area contributed by atoms with E-state index in [4.69, 9.17) is 14.2 Å². The minimum Gasteiger partial charge on any atom is -0.462 e. The Hall–Kier alpha value is -2.63. The molecule has 0 saturated carbocycles. The molecule has 0 aliphatic rings. The largest absolute Gasteiger partial charge is 0.462 e. The van der Waals surface area contributed by atoms with Gasteiger partial charge in [0.25, 0.3) is 0 Å². The molecule has 0 heterocycles. The predicted molar refractivity (Wildman–Crippen MR) is 219 cm³/mol. The first-order valence-corrected chi connectivity index (χ1v) is 21.6. The Morgan fingerprint density at radius 3 is 1.29 bits per heavy atom. The Morgan fingerprint density at radius 2 is 0.769 bits per heavy atom. The zero-order valence-electron chi connectivity index (χ0n) is 34.1. The van der Waals surface area contributed by atoms with Gasteiger partial charge in [-0.2, -0.15) is 0 Å². The Morgan fingerprint density at radius 1 is 0.404 bits per heavy atom. The summed E-state index contributed by atoms with van der Waals surface area (Å²) in [6.07, 6.45) is 46.7. The molecule has 0 aromatic heterocycles. The van der Waals surface area contributed by atoms with E-state index in [-0.39, 0.29) is 31.1 Å². The number of esters is 3. The van der Waals surface area contributed by atoms with Crippen LogP contribution in [0.25, 0.3) is 0 Å². The summed E-state index contributed by atoms with van der Waals surface area (Å²) in [5.41, 5.74) is 0. The highest BCUT2D eigenvalue weighted by Gasteiger charge is 2.19. The molecule has 0 bridgehead atoms. The first kappa shape index (κ1) is 49.4. The fraction of sp³-hybridized carbons (Fsp3) is 0.761. The van der Waals surface area contributed by atoms with Crippen LogP contribution in [0.1, 0.15) is 207 Å². The van der Waals surface area contributed by atoms with Gasteiger partial charge in [-0.25, -0.2) is 0 Å². The molecule has 6 heteroatoms.